The fourth-order valence-corrected chi connectivity index (χ4v) is 1.44. The first kappa shape index (κ1) is 10.3. The topological polar surface area (TPSA) is 83.6 Å². The highest BCUT2D eigenvalue weighted by atomic mass is 16.1. The number of H-pyrrole nitrogens is 1. The van der Waals surface area contributed by atoms with E-state index in [9.17, 15) is 4.79 Å². The summed E-state index contributed by atoms with van der Waals surface area (Å²) in [6.07, 6.45) is 3.01. The second kappa shape index (κ2) is 4.09. The molecule has 6 heteroatoms. The van der Waals surface area contributed by atoms with E-state index < -0.39 is 0 Å². The third-order valence-corrected chi connectivity index (χ3v) is 2.20. The molecule has 0 bridgehead atoms. The summed E-state index contributed by atoms with van der Waals surface area (Å²) in [7, 11) is 0. The Kier molecular flexibility index (Phi) is 2.63. The van der Waals surface area contributed by atoms with Crippen LogP contribution < -0.4 is 5.32 Å². The van der Waals surface area contributed by atoms with Gasteiger partial charge in [0.15, 0.2) is 0 Å². The molecule has 6 nitrogen and oxygen atoms in total. The maximum Gasteiger partial charge on any atom is 0.259 e. The number of amides is 1. The molecule has 0 aliphatic heterocycles. The van der Waals surface area contributed by atoms with Gasteiger partial charge in [-0.1, -0.05) is 0 Å². The molecule has 0 fully saturated rings. The number of aryl methyl sites for hydroxylation is 2. The van der Waals surface area contributed by atoms with E-state index >= 15 is 0 Å². The van der Waals surface area contributed by atoms with Crippen molar-refractivity contribution in [2.75, 3.05) is 5.32 Å². The molecule has 1 amide bonds. The summed E-state index contributed by atoms with van der Waals surface area (Å²) in [6.45, 7) is 3.59. The molecule has 16 heavy (non-hydrogen) atoms. The fraction of sp³-hybridized carbons (Fsp3) is 0.200. The van der Waals surface area contributed by atoms with E-state index in [1.54, 1.807) is 19.9 Å². The number of nitrogens with zero attached hydrogens (tertiary/aromatic N) is 3. The summed E-state index contributed by atoms with van der Waals surface area (Å²) in [4.78, 5) is 11.9. The molecule has 0 unspecified atom stereocenters. The van der Waals surface area contributed by atoms with Crippen LogP contribution in [0.1, 0.15) is 21.7 Å². The highest BCUT2D eigenvalue weighted by Gasteiger charge is 2.15. The molecule has 0 saturated carbocycles. The maximum atomic E-state index is 11.9. The summed E-state index contributed by atoms with van der Waals surface area (Å²) >= 11 is 0. The molecule has 2 N–H and O–H groups in total. The smallest absolute Gasteiger partial charge is 0.259 e. The van der Waals surface area contributed by atoms with Crippen molar-refractivity contribution in [3.8, 4) is 0 Å². The summed E-state index contributed by atoms with van der Waals surface area (Å²) < 4.78 is 0. The van der Waals surface area contributed by atoms with Crippen molar-refractivity contribution in [3.63, 3.8) is 0 Å². The van der Waals surface area contributed by atoms with Gasteiger partial charge in [-0.05, 0) is 19.9 Å². The van der Waals surface area contributed by atoms with Crippen LogP contribution in [0.25, 0.3) is 0 Å². The van der Waals surface area contributed by atoms with Gasteiger partial charge in [0.1, 0.15) is 0 Å². The molecule has 0 aromatic carbocycles. The first-order chi connectivity index (χ1) is 7.68. The Bertz CT molecular complexity index is 486. The summed E-state index contributed by atoms with van der Waals surface area (Å²) in [6, 6.07) is 1.68. The van der Waals surface area contributed by atoms with Crippen molar-refractivity contribution < 1.29 is 4.79 Å². The Morgan fingerprint density at radius 3 is 2.75 bits per heavy atom. The van der Waals surface area contributed by atoms with Gasteiger partial charge in [-0.2, -0.15) is 15.3 Å². The number of carbonyl (C=O) groups is 1. The zero-order chi connectivity index (χ0) is 11.5. The van der Waals surface area contributed by atoms with E-state index in [2.05, 4.69) is 25.7 Å². The highest BCUT2D eigenvalue weighted by Crippen LogP contribution is 2.12. The van der Waals surface area contributed by atoms with Gasteiger partial charge in [0.2, 0.25) is 0 Å². The van der Waals surface area contributed by atoms with Gasteiger partial charge < -0.3 is 5.32 Å². The van der Waals surface area contributed by atoms with Crippen molar-refractivity contribution in [1.29, 1.82) is 0 Å². The number of rotatable bonds is 2. The summed E-state index contributed by atoms with van der Waals surface area (Å²) in [5, 5.41) is 16.8. The van der Waals surface area contributed by atoms with E-state index in [0.29, 0.717) is 16.9 Å². The predicted octanol–water partition coefficient (Wildman–Crippen LogP) is 1.07. The molecular weight excluding hydrogens is 206 g/mol. The molecule has 0 aliphatic carbocycles. The normalized spacial score (nSPS) is 10.1. The lowest BCUT2D eigenvalue weighted by Gasteiger charge is -2.03. The molecule has 82 valence electrons. The molecule has 0 spiro atoms. The second-order valence-electron chi connectivity index (χ2n) is 3.39. The predicted molar refractivity (Wildman–Crippen MR) is 58.0 cm³/mol. The zero-order valence-corrected chi connectivity index (χ0v) is 8.98. The molecule has 2 heterocycles. The average molecular weight is 217 g/mol. The first-order valence-electron chi connectivity index (χ1n) is 4.78. The van der Waals surface area contributed by atoms with Gasteiger partial charge in [-0.15, -0.1) is 0 Å². The van der Waals surface area contributed by atoms with Crippen LogP contribution in [0, 0.1) is 13.8 Å². The van der Waals surface area contributed by atoms with Crippen LogP contribution in [0.5, 0.6) is 0 Å². The molecule has 2 aromatic rings. The average Bonchev–Trinajstić information content (AvgIpc) is 2.60. The van der Waals surface area contributed by atoms with Crippen LogP contribution in [0.4, 0.5) is 5.69 Å². The highest BCUT2D eigenvalue weighted by molar-refractivity contribution is 6.05. The van der Waals surface area contributed by atoms with Gasteiger partial charge in [0.25, 0.3) is 5.91 Å². The minimum absolute atomic E-state index is 0.197. The van der Waals surface area contributed by atoms with Gasteiger partial charge in [0, 0.05) is 5.69 Å². The summed E-state index contributed by atoms with van der Waals surface area (Å²) in [5.41, 5.74) is 2.60. The number of aromatic amines is 1. The Labute approximate surface area is 92.1 Å². The molecular formula is C10H11N5O. The number of anilines is 1. The Morgan fingerprint density at radius 2 is 2.19 bits per heavy atom. The minimum Gasteiger partial charge on any atom is -0.320 e. The third kappa shape index (κ3) is 1.90. The van der Waals surface area contributed by atoms with Gasteiger partial charge >= 0.3 is 0 Å². The summed E-state index contributed by atoms with van der Waals surface area (Å²) in [5.74, 6) is -0.197. The maximum absolute atomic E-state index is 11.9. The molecule has 0 radical (unpaired) electrons. The molecule has 2 aromatic heterocycles. The van der Waals surface area contributed by atoms with Crippen LogP contribution in [-0.4, -0.2) is 26.3 Å². The van der Waals surface area contributed by atoms with Gasteiger partial charge in [-0.25, -0.2) is 0 Å². The second-order valence-corrected chi connectivity index (χ2v) is 3.39. The SMILES string of the molecule is Cc1n[nH]c(C)c1C(=O)Nc1ccnnc1. The lowest BCUT2D eigenvalue weighted by Crippen LogP contribution is -2.13. The van der Waals surface area contributed by atoms with Crippen molar-refractivity contribution >= 4 is 11.6 Å². The molecule has 0 saturated heterocycles. The van der Waals surface area contributed by atoms with E-state index in [0.717, 1.165) is 5.69 Å². The standard InChI is InChI=1S/C10H11N5O/c1-6-9(7(2)15-14-6)10(16)13-8-3-4-11-12-5-8/h3-5H,1-2H3,(H,14,15)(H,11,13,16). The number of hydrogen-bond acceptors (Lipinski definition) is 4. The minimum atomic E-state index is -0.197. The lowest BCUT2D eigenvalue weighted by molar-refractivity contribution is 0.102. The van der Waals surface area contributed by atoms with Crippen molar-refractivity contribution in [3.05, 3.63) is 35.4 Å². The number of aromatic nitrogens is 4. The van der Waals surface area contributed by atoms with Crippen molar-refractivity contribution in [2.24, 2.45) is 0 Å². The van der Waals surface area contributed by atoms with Crippen LogP contribution >= 0.6 is 0 Å². The number of nitrogens with one attached hydrogen (secondary N) is 2. The largest absolute Gasteiger partial charge is 0.320 e. The Hall–Kier alpha value is -2.24. The van der Waals surface area contributed by atoms with Gasteiger partial charge in [0.05, 0.1) is 29.3 Å². The fourth-order valence-electron chi connectivity index (χ4n) is 1.44. The van der Waals surface area contributed by atoms with Crippen molar-refractivity contribution in [2.45, 2.75) is 13.8 Å². The molecule has 0 aliphatic rings. The van der Waals surface area contributed by atoms with E-state index in [4.69, 9.17) is 0 Å². The van der Waals surface area contributed by atoms with Crippen LogP contribution in [-0.2, 0) is 0 Å². The zero-order valence-electron chi connectivity index (χ0n) is 8.98. The van der Waals surface area contributed by atoms with Crippen LogP contribution in [0.3, 0.4) is 0 Å². The first-order valence-corrected chi connectivity index (χ1v) is 4.78. The molecule has 0 atom stereocenters. The monoisotopic (exact) mass is 217 g/mol. The van der Waals surface area contributed by atoms with E-state index in [-0.39, 0.29) is 5.91 Å². The number of carbonyl (C=O) groups excluding carboxylic acids is 1. The number of hydrogen-bond donors (Lipinski definition) is 2. The van der Waals surface area contributed by atoms with E-state index in [1.165, 1.54) is 12.4 Å². The van der Waals surface area contributed by atoms with E-state index in [1.807, 2.05) is 0 Å². The van der Waals surface area contributed by atoms with Crippen LogP contribution in [0.2, 0.25) is 0 Å². The Balaban J connectivity index is 2.22. The molecule has 2 rings (SSSR count). The third-order valence-electron chi connectivity index (χ3n) is 2.20. The quantitative estimate of drug-likeness (QED) is 0.788. The Morgan fingerprint density at radius 1 is 1.38 bits per heavy atom. The van der Waals surface area contributed by atoms with Crippen molar-refractivity contribution in [1.82, 2.24) is 20.4 Å². The lowest BCUT2D eigenvalue weighted by atomic mass is 10.2. The van der Waals surface area contributed by atoms with Crippen LogP contribution in [0.15, 0.2) is 18.5 Å². The van der Waals surface area contributed by atoms with Gasteiger partial charge in [-0.3, -0.25) is 9.89 Å².